The van der Waals surface area contributed by atoms with E-state index in [0.29, 0.717) is 13.0 Å². The molecule has 0 saturated heterocycles. The summed E-state index contributed by atoms with van der Waals surface area (Å²) in [6.07, 6.45) is 1.83. The van der Waals surface area contributed by atoms with Gasteiger partial charge in [-0.25, -0.2) is 0 Å². The predicted molar refractivity (Wildman–Crippen MR) is 86.7 cm³/mol. The molecular formula is C18H22N2O2. The second kappa shape index (κ2) is 7.59. The number of rotatable bonds is 6. The van der Waals surface area contributed by atoms with Crippen molar-refractivity contribution >= 4 is 5.91 Å². The van der Waals surface area contributed by atoms with Crippen molar-refractivity contribution in [3.8, 4) is 5.75 Å². The first-order valence-corrected chi connectivity index (χ1v) is 7.52. The third-order valence-corrected chi connectivity index (χ3v) is 3.66. The first-order chi connectivity index (χ1) is 10.6. The van der Waals surface area contributed by atoms with Crippen molar-refractivity contribution in [2.75, 3.05) is 0 Å². The molecule has 2 aromatic rings. The van der Waals surface area contributed by atoms with Crippen LogP contribution in [0.3, 0.4) is 0 Å². The molecule has 1 N–H and O–H groups in total. The third-order valence-electron chi connectivity index (χ3n) is 3.66. The molecule has 0 bridgehead atoms. The number of ether oxygens (including phenoxy) is 1. The standard InChI is InChI=1S/C18H22N2O2/c1-4-16(22-17-10-7-8-13(2)14(17)3)18(21)20-12-15-9-5-6-11-19-15/h5-11,16H,4,12H2,1-3H3,(H,20,21)/t16-/m1/s1. The highest BCUT2D eigenvalue weighted by Gasteiger charge is 2.19. The van der Waals surface area contributed by atoms with Gasteiger partial charge in [0.1, 0.15) is 5.75 Å². The van der Waals surface area contributed by atoms with Crippen LogP contribution in [0.2, 0.25) is 0 Å². The van der Waals surface area contributed by atoms with Crippen LogP contribution in [0.25, 0.3) is 0 Å². The minimum absolute atomic E-state index is 0.117. The molecule has 4 nitrogen and oxygen atoms in total. The molecule has 0 aliphatic carbocycles. The minimum atomic E-state index is -0.496. The van der Waals surface area contributed by atoms with Crippen LogP contribution in [0.4, 0.5) is 0 Å². The van der Waals surface area contributed by atoms with Gasteiger partial charge in [0, 0.05) is 6.20 Å². The summed E-state index contributed by atoms with van der Waals surface area (Å²) in [4.78, 5) is 16.5. The lowest BCUT2D eigenvalue weighted by molar-refractivity contribution is -0.128. The van der Waals surface area contributed by atoms with Crippen LogP contribution in [0.15, 0.2) is 42.6 Å². The molecule has 1 amide bonds. The topological polar surface area (TPSA) is 51.2 Å². The van der Waals surface area contributed by atoms with Crippen LogP contribution in [-0.4, -0.2) is 17.0 Å². The molecule has 1 heterocycles. The lowest BCUT2D eigenvalue weighted by Gasteiger charge is -2.19. The van der Waals surface area contributed by atoms with E-state index in [2.05, 4.69) is 10.3 Å². The number of benzene rings is 1. The lowest BCUT2D eigenvalue weighted by atomic mass is 10.1. The van der Waals surface area contributed by atoms with Crippen LogP contribution in [0, 0.1) is 13.8 Å². The Balaban J connectivity index is 1.98. The van der Waals surface area contributed by atoms with Gasteiger partial charge in [-0.15, -0.1) is 0 Å². The van der Waals surface area contributed by atoms with Crippen molar-refractivity contribution in [1.82, 2.24) is 10.3 Å². The summed E-state index contributed by atoms with van der Waals surface area (Å²) in [6, 6.07) is 11.5. The Hall–Kier alpha value is -2.36. The maximum Gasteiger partial charge on any atom is 0.261 e. The van der Waals surface area contributed by atoms with Crippen LogP contribution in [0.1, 0.15) is 30.2 Å². The molecule has 1 atom stereocenters. The molecule has 1 aromatic carbocycles. The van der Waals surface area contributed by atoms with Gasteiger partial charge in [0.05, 0.1) is 12.2 Å². The Kier molecular flexibility index (Phi) is 5.53. The number of nitrogens with zero attached hydrogens (tertiary/aromatic N) is 1. The average Bonchev–Trinajstić information content (AvgIpc) is 2.55. The lowest BCUT2D eigenvalue weighted by Crippen LogP contribution is -2.37. The van der Waals surface area contributed by atoms with Gasteiger partial charge >= 0.3 is 0 Å². The number of aryl methyl sites for hydroxylation is 1. The summed E-state index contributed by atoms with van der Waals surface area (Å²) in [6.45, 7) is 6.38. The van der Waals surface area contributed by atoms with Crippen molar-refractivity contribution in [2.24, 2.45) is 0 Å². The average molecular weight is 298 g/mol. The summed E-state index contributed by atoms with van der Waals surface area (Å²) >= 11 is 0. The Morgan fingerprint density at radius 2 is 2.05 bits per heavy atom. The molecule has 0 radical (unpaired) electrons. The third kappa shape index (κ3) is 4.07. The van der Waals surface area contributed by atoms with Crippen molar-refractivity contribution in [2.45, 2.75) is 39.8 Å². The number of pyridine rings is 1. The fourth-order valence-electron chi connectivity index (χ4n) is 2.12. The molecule has 1 aromatic heterocycles. The molecule has 0 aliphatic rings. The Bertz CT molecular complexity index is 626. The van der Waals surface area contributed by atoms with Gasteiger partial charge in [-0.1, -0.05) is 25.1 Å². The first-order valence-electron chi connectivity index (χ1n) is 7.52. The van der Waals surface area contributed by atoms with Gasteiger partial charge in [-0.05, 0) is 49.6 Å². The number of carbonyl (C=O) groups is 1. The second-order valence-electron chi connectivity index (χ2n) is 5.25. The second-order valence-corrected chi connectivity index (χ2v) is 5.25. The van der Waals surface area contributed by atoms with E-state index >= 15 is 0 Å². The molecule has 4 heteroatoms. The van der Waals surface area contributed by atoms with E-state index in [9.17, 15) is 4.79 Å². The van der Waals surface area contributed by atoms with Crippen molar-refractivity contribution < 1.29 is 9.53 Å². The van der Waals surface area contributed by atoms with Crippen molar-refractivity contribution in [3.05, 3.63) is 59.4 Å². The fourth-order valence-corrected chi connectivity index (χ4v) is 2.12. The summed E-state index contributed by atoms with van der Waals surface area (Å²) in [7, 11) is 0. The maximum atomic E-state index is 12.3. The summed E-state index contributed by atoms with van der Waals surface area (Å²) in [5, 5.41) is 2.88. The molecule has 0 saturated carbocycles. The smallest absolute Gasteiger partial charge is 0.261 e. The monoisotopic (exact) mass is 298 g/mol. The fraction of sp³-hybridized carbons (Fsp3) is 0.333. The Morgan fingerprint density at radius 3 is 2.73 bits per heavy atom. The number of amides is 1. The van der Waals surface area contributed by atoms with E-state index < -0.39 is 6.10 Å². The molecular weight excluding hydrogens is 276 g/mol. The van der Waals surface area contributed by atoms with Gasteiger partial charge in [-0.3, -0.25) is 9.78 Å². The van der Waals surface area contributed by atoms with E-state index in [0.717, 1.165) is 22.6 Å². The highest BCUT2D eigenvalue weighted by molar-refractivity contribution is 5.81. The van der Waals surface area contributed by atoms with E-state index in [1.54, 1.807) is 6.20 Å². The SMILES string of the molecule is CC[C@@H](Oc1cccc(C)c1C)C(=O)NCc1ccccn1. The van der Waals surface area contributed by atoms with E-state index in [-0.39, 0.29) is 5.91 Å². The van der Waals surface area contributed by atoms with Crippen molar-refractivity contribution in [1.29, 1.82) is 0 Å². The normalized spacial score (nSPS) is 11.8. The minimum Gasteiger partial charge on any atom is -0.480 e. The van der Waals surface area contributed by atoms with Crippen LogP contribution >= 0.6 is 0 Å². The van der Waals surface area contributed by atoms with Crippen molar-refractivity contribution in [3.63, 3.8) is 0 Å². The number of hydrogen-bond donors (Lipinski definition) is 1. The molecule has 0 unspecified atom stereocenters. The number of nitrogens with one attached hydrogen (secondary N) is 1. The summed E-state index contributed by atoms with van der Waals surface area (Å²) in [5.41, 5.74) is 3.05. The maximum absolute atomic E-state index is 12.3. The number of hydrogen-bond acceptors (Lipinski definition) is 3. The van der Waals surface area contributed by atoms with Crippen LogP contribution < -0.4 is 10.1 Å². The molecule has 0 spiro atoms. The van der Waals surface area contributed by atoms with Gasteiger partial charge in [0.25, 0.3) is 5.91 Å². The predicted octanol–water partition coefficient (Wildman–Crippen LogP) is 3.17. The van der Waals surface area contributed by atoms with E-state index in [1.165, 1.54) is 0 Å². The van der Waals surface area contributed by atoms with Gasteiger partial charge in [0.15, 0.2) is 6.10 Å². The molecule has 2 rings (SSSR count). The Morgan fingerprint density at radius 1 is 1.23 bits per heavy atom. The molecule has 0 aliphatic heterocycles. The number of carbonyl (C=O) groups excluding carboxylic acids is 1. The summed E-state index contributed by atoms with van der Waals surface area (Å²) in [5.74, 6) is 0.647. The summed E-state index contributed by atoms with van der Waals surface area (Å²) < 4.78 is 5.89. The van der Waals surface area contributed by atoms with Gasteiger partial charge in [0.2, 0.25) is 0 Å². The van der Waals surface area contributed by atoms with Gasteiger partial charge in [-0.2, -0.15) is 0 Å². The van der Waals surface area contributed by atoms with Gasteiger partial charge < -0.3 is 10.1 Å². The molecule has 116 valence electrons. The zero-order valence-electron chi connectivity index (χ0n) is 13.3. The zero-order valence-corrected chi connectivity index (χ0v) is 13.3. The first kappa shape index (κ1) is 16.0. The highest BCUT2D eigenvalue weighted by Crippen LogP contribution is 2.22. The van der Waals surface area contributed by atoms with E-state index in [1.807, 2.05) is 57.2 Å². The largest absolute Gasteiger partial charge is 0.480 e. The highest BCUT2D eigenvalue weighted by atomic mass is 16.5. The van der Waals surface area contributed by atoms with E-state index in [4.69, 9.17) is 4.74 Å². The molecule has 0 fully saturated rings. The molecule has 22 heavy (non-hydrogen) atoms. The quantitative estimate of drug-likeness (QED) is 0.891. The van der Waals surface area contributed by atoms with Crippen LogP contribution in [0.5, 0.6) is 5.75 Å². The zero-order chi connectivity index (χ0) is 15.9. The Labute approximate surface area is 131 Å². The van der Waals surface area contributed by atoms with Crippen LogP contribution in [-0.2, 0) is 11.3 Å². The number of aromatic nitrogens is 1.